The standard InChI is InChI=1S/C26H28N2O5S2/c1-18-15-20(17-34-22-7-5-4-6-8-22)9-11-23(18)27-26(29)19(2)28(35(3,30)31)21-10-12-24-25(16-21)33-14-13-32-24/h4-12,15-16,19H,13-14,17H2,1-3H3,(H,27,29)/t19-/m0/s1. The van der Waals surface area contributed by atoms with Crippen LogP contribution < -0.4 is 19.1 Å². The van der Waals surface area contributed by atoms with Crippen LogP contribution in [0.5, 0.6) is 11.5 Å². The van der Waals surface area contributed by atoms with Crippen LogP contribution in [0.4, 0.5) is 11.4 Å². The number of sulfonamides is 1. The number of aryl methyl sites for hydroxylation is 1. The molecule has 0 saturated heterocycles. The largest absolute Gasteiger partial charge is 0.486 e. The lowest BCUT2D eigenvalue weighted by Gasteiger charge is -2.29. The highest BCUT2D eigenvalue weighted by atomic mass is 32.2. The fourth-order valence-corrected chi connectivity index (χ4v) is 5.88. The van der Waals surface area contributed by atoms with E-state index in [1.54, 1.807) is 36.9 Å². The third-order valence-electron chi connectivity index (χ3n) is 5.57. The number of thioether (sulfide) groups is 1. The predicted molar refractivity (Wildman–Crippen MR) is 140 cm³/mol. The molecule has 0 bridgehead atoms. The number of rotatable bonds is 8. The summed E-state index contributed by atoms with van der Waals surface area (Å²) in [5, 5.41) is 2.89. The van der Waals surface area contributed by atoms with E-state index in [-0.39, 0.29) is 0 Å². The molecular weight excluding hydrogens is 484 g/mol. The van der Waals surface area contributed by atoms with E-state index in [1.165, 1.54) is 4.90 Å². The van der Waals surface area contributed by atoms with Crippen molar-refractivity contribution in [1.29, 1.82) is 0 Å². The van der Waals surface area contributed by atoms with Crippen molar-refractivity contribution >= 4 is 39.1 Å². The summed E-state index contributed by atoms with van der Waals surface area (Å²) < 4.78 is 37.5. The van der Waals surface area contributed by atoms with Crippen molar-refractivity contribution in [2.24, 2.45) is 0 Å². The average Bonchev–Trinajstić information content (AvgIpc) is 2.84. The van der Waals surface area contributed by atoms with Gasteiger partial charge in [0.25, 0.3) is 0 Å². The minimum atomic E-state index is -3.76. The van der Waals surface area contributed by atoms with Crippen LogP contribution in [0.3, 0.4) is 0 Å². The first kappa shape index (κ1) is 24.9. The summed E-state index contributed by atoms with van der Waals surface area (Å²) in [6.07, 6.45) is 1.08. The second kappa shape index (κ2) is 10.6. The fraction of sp³-hybridized carbons (Fsp3) is 0.269. The molecule has 0 fully saturated rings. The maximum atomic E-state index is 13.1. The Morgan fingerprint density at radius 3 is 2.43 bits per heavy atom. The molecular formula is C26H28N2O5S2. The van der Waals surface area contributed by atoms with Crippen molar-refractivity contribution < 1.29 is 22.7 Å². The number of nitrogens with zero attached hydrogens (tertiary/aromatic N) is 1. The summed E-state index contributed by atoms with van der Waals surface area (Å²) in [4.78, 5) is 14.3. The van der Waals surface area contributed by atoms with Crippen molar-refractivity contribution in [3.63, 3.8) is 0 Å². The summed E-state index contributed by atoms with van der Waals surface area (Å²) in [6.45, 7) is 4.30. The van der Waals surface area contributed by atoms with Gasteiger partial charge in [-0.1, -0.05) is 30.3 Å². The maximum Gasteiger partial charge on any atom is 0.248 e. The summed E-state index contributed by atoms with van der Waals surface area (Å²) >= 11 is 1.74. The van der Waals surface area contributed by atoms with E-state index in [2.05, 4.69) is 17.4 Å². The van der Waals surface area contributed by atoms with E-state index in [1.807, 2.05) is 43.3 Å². The van der Waals surface area contributed by atoms with Crippen molar-refractivity contribution in [1.82, 2.24) is 0 Å². The van der Waals surface area contributed by atoms with Crippen LogP contribution in [0.2, 0.25) is 0 Å². The smallest absolute Gasteiger partial charge is 0.248 e. The molecule has 184 valence electrons. The number of hydrogen-bond acceptors (Lipinski definition) is 6. The summed E-state index contributed by atoms with van der Waals surface area (Å²) in [5.74, 6) is 1.38. The first-order chi connectivity index (χ1) is 16.7. The first-order valence-corrected chi connectivity index (χ1v) is 14.0. The molecule has 3 aromatic carbocycles. The molecule has 1 heterocycles. The van der Waals surface area contributed by atoms with Gasteiger partial charge in [-0.2, -0.15) is 0 Å². The van der Waals surface area contributed by atoms with Crippen LogP contribution in [0.25, 0.3) is 0 Å². The lowest BCUT2D eigenvalue weighted by atomic mass is 10.1. The van der Waals surface area contributed by atoms with E-state index in [9.17, 15) is 13.2 Å². The van der Waals surface area contributed by atoms with E-state index in [4.69, 9.17) is 9.47 Å². The Kier molecular flexibility index (Phi) is 7.57. The molecule has 7 nitrogen and oxygen atoms in total. The molecule has 3 aromatic rings. The Balaban J connectivity index is 1.48. The molecule has 1 aliphatic heterocycles. The summed E-state index contributed by atoms with van der Waals surface area (Å²) in [5.41, 5.74) is 3.02. The van der Waals surface area contributed by atoms with Gasteiger partial charge < -0.3 is 14.8 Å². The highest BCUT2D eigenvalue weighted by Crippen LogP contribution is 2.35. The lowest BCUT2D eigenvalue weighted by molar-refractivity contribution is -0.116. The number of amides is 1. The van der Waals surface area contributed by atoms with Crippen molar-refractivity contribution in [2.75, 3.05) is 29.1 Å². The molecule has 0 spiro atoms. The number of ether oxygens (including phenoxy) is 2. The van der Waals surface area contributed by atoms with Gasteiger partial charge >= 0.3 is 0 Å². The molecule has 0 aliphatic carbocycles. The molecule has 0 saturated carbocycles. The fourth-order valence-electron chi connectivity index (χ4n) is 3.85. The second-order valence-electron chi connectivity index (χ2n) is 8.30. The summed E-state index contributed by atoms with van der Waals surface area (Å²) in [7, 11) is -3.76. The highest BCUT2D eigenvalue weighted by molar-refractivity contribution is 7.98. The SMILES string of the molecule is Cc1cc(CSc2ccccc2)ccc1NC(=O)[C@H](C)N(c1ccc2c(c1)OCCO2)S(C)(=O)=O. The highest BCUT2D eigenvalue weighted by Gasteiger charge is 2.30. The third-order valence-corrected chi connectivity index (χ3v) is 7.89. The zero-order valence-electron chi connectivity index (χ0n) is 19.9. The molecule has 0 aromatic heterocycles. The number of fused-ring (bicyclic) bond motifs is 1. The van der Waals surface area contributed by atoms with Crippen molar-refractivity contribution in [3.05, 3.63) is 77.9 Å². The van der Waals surface area contributed by atoms with Crippen LogP contribution in [-0.2, 0) is 20.6 Å². The minimum Gasteiger partial charge on any atom is -0.486 e. The number of hydrogen-bond donors (Lipinski definition) is 1. The topological polar surface area (TPSA) is 84.9 Å². The van der Waals surface area contributed by atoms with Gasteiger partial charge in [0.1, 0.15) is 19.3 Å². The Hall–Kier alpha value is -3.17. The molecule has 1 amide bonds. The average molecular weight is 513 g/mol. The number of nitrogens with one attached hydrogen (secondary N) is 1. The molecule has 1 aliphatic rings. The van der Waals surface area contributed by atoms with Crippen molar-refractivity contribution in [2.45, 2.75) is 30.5 Å². The zero-order valence-corrected chi connectivity index (χ0v) is 21.5. The van der Waals surface area contributed by atoms with E-state index >= 15 is 0 Å². The molecule has 9 heteroatoms. The molecule has 1 atom stereocenters. The number of anilines is 2. The van der Waals surface area contributed by atoms with E-state index in [0.717, 1.165) is 27.4 Å². The Morgan fingerprint density at radius 1 is 1.03 bits per heavy atom. The van der Waals surface area contributed by atoms with Gasteiger partial charge in [-0.05, 0) is 55.3 Å². The maximum absolute atomic E-state index is 13.1. The van der Waals surface area contributed by atoms with Gasteiger partial charge in [0.2, 0.25) is 15.9 Å². The molecule has 0 unspecified atom stereocenters. The quantitative estimate of drug-likeness (QED) is 0.434. The molecule has 4 rings (SSSR count). The molecule has 35 heavy (non-hydrogen) atoms. The monoisotopic (exact) mass is 512 g/mol. The normalized spacial score (nSPS) is 13.7. The van der Waals surface area contributed by atoms with Gasteiger partial charge in [0.15, 0.2) is 11.5 Å². The van der Waals surface area contributed by atoms with Gasteiger partial charge in [-0.3, -0.25) is 9.10 Å². The summed E-state index contributed by atoms with van der Waals surface area (Å²) in [6, 6.07) is 19.9. The van der Waals surface area contributed by atoms with Gasteiger partial charge in [0, 0.05) is 22.4 Å². The van der Waals surface area contributed by atoms with Gasteiger partial charge in [0.05, 0.1) is 11.9 Å². The van der Waals surface area contributed by atoms with Crippen LogP contribution >= 0.6 is 11.8 Å². The first-order valence-electron chi connectivity index (χ1n) is 11.2. The third kappa shape index (κ3) is 6.10. The van der Waals surface area contributed by atoms with Crippen LogP contribution in [0, 0.1) is 6.92 Å². The second-order valence-corrected chi connectivity index (χ2v) is 11.2. The number of carbonyl (C=O) groups is 1. The van der Waals surface area contributed by atoms with Gasteiger partial charge in [-0.25, -0.2) is 8.42 Å². The molecule has 0 radical (unpaired) electrons. The van der Waals surface area contributed by atoms with Crippen LogP contribution in [0.15, 0.2) is 71.6 Å². The number of benzene rings is 3. The Morgan fingerprint density at radius 2 is 1.74 bits per heavy atom. The Bertz CT molecular complexity index is 1310. The predicted octanol–water partition coefficient (Wildman–Crippen LogP) is 4.85. The number of carbonyl (C=O) groups excluding carboxylic acids is 1. The molecule has 1 N–H and O–H groups in total. The van der Waals surface area contributed by atoms with E-state index < -0.39 is 22.0 Å². The minimum absolute atomic E-state index is 0.337. The zero-order chi connectivity index (χ0) is 25.0. The van der Waals surface area contributed by atoms with Gasteiger partial charge in [-0.15, -0.1) is 11.8 Å². The Labute approximate surface area is 210 Å². The van der Waals surface area contributed by atoms with Crippen LogP contribution in [-0.4, -0.2) is 39.8 Å². The van der Waals surface area contributed by atoms with E-state index in [0.29, 0.717) is 36.1 Å². The lowest BCUT2D eigenvalue weighted by Crippen LogP contribution is -2.45. The van der Waals surface area contributed by atoms with Crippen molar-refractivity contribution in [3.8, 4) is 11.5 Å². The van der Waals surface area contributed by atoms with Crippen LogP contribution in [0.1, 0.15) is 18.1 Å².